The number of amides is 1. The third kappa shape index (κ3) is 3.98. The molecule has 1 heterocycles. The predicted molar refractivity (Wildman–Crippen MR) is 69.8 cm³/mol. The Morgan fingerprint density at radius 1 is 1.24 bits per heavy atom. The summed E-state index contributed by atoms with van der Waals surface area (Å²) in [5.41, 5.74) is 0. The molecule has 17 heavy (non-hydrogen) atoms. The fourth-order valence-electron chi connectivity index (χ4n) is 3.18. The molecule has 1 saturated heterocycles. The third-order valence-electron chi connectivity index (χ3n) is 4.36. The molecule has 2 aliphatic rings. The molecule has 3 heteroatoms. The van der Waals surface area contributed by atoms with Crippen LogP contribution < -0.4 is 5.32 Å². The molecule has 1 unspecified atom stereocenters. The minimum atomic E-state index is 0.351. The Hall–Kier alpha value is -0.570. The molecule has 98 valence electrons. The van der Waals surface area contributed by atoms with Gasteiger partial charge in [0, 0.05) is 20.0 Å². The average molecular weight is 238 g/mol. The third-order valence-corrected chi connectivity index (χ3v) is 4.36. The van der Waals surface area contributed by atoms with Crippen molar-refractivity contribution in [2.45, 2.75) is 44.9 Å². The minimum Gasteiger partial charge on any atom is -0.345 e. The van der Waals surface area contributed by atoms with Crippen molar-refractivity contribution in [2.75, 3.05) is 26.7 Å². The summed E-state index contributed by atoms with van der Waals surface area (Å²) in [5.74, 6) is 1.86. The molecule has 0 aromatic carbocycles. The van der Waals surface area contributed by atoms with Crippen LogP contribution in [-0.4, -0.2) is 37.5 Å². The van der Waals surface area contributed by atoms with Gasteiger partial charge in [-0.2, -0.15) is 0 Å². The largest absolute Gasteiger partial charge is 0.345 e. The molecular formula is C14H26N2O. The molecule has 0 spiro atoms. The van der Waals surface area contributed by atoms with Crippen LogP contribution in [0.25, 0.3) is 0 Å². The van der Waals surface area contributed by atoms with Gasteiger partial charge in [0.05, 0.1) is 0 Å². The summed E-state index contributed by atoms with van der Waals surface area (Å²) in [6, 6.07) is 0. The van der Waals surface area contributed by atoms with Crippen LogP contribution in [-0.2, 0) is 4.79 Å². The van der Waals surface area contributed by atoms with Crippen molar-refractivity contribution in [3.63, 3.8) is 0 Å². The number of rotatable bonds is 5. The molecular weight excluding hydrogens is 212 g/mol. The predicted octanol–water partition coefficient (Wildman–Crippen LogP) is 2.02. The highest BCUT2D eigenvalue weighted by Gasteiger charge is 2.21. The van der Waals surface area contributed by atoms with E-state index in [-0.39, 0.29) is 0 Å². The van der Waals surface area contributed by atoms with Crippen molar-refractivity contribution >= 4 is 5.91 Å². The Morgan fingerprint density at radius 2 is 2.00 bits per heavy atom. The van der Waals surface area contributed by atoms with E-state index in [9.17, 15) is 4.79 Å². The summed E-state index contributed by atoms with van der Waals surface area (Å²) < 4.78 is 0. The molecule has 1 N–H and O–H groups in total. The second-order valence-electron chi connectivity index (χ2n) is 5.82. The van der Waals surface area contributed by atoms with Crippen LogP contribution in [0.1, 0.15) is 44.9 Å². The Morgan fingerprint density at radius 3 is 2.65 bits per heavy atom. The molecule has 0 bridgehead atoms. The quantitative estimate of drug-likeness (QED) is 0.795. The van der Waals surface area contributed by atoms with Crippen LogP contribution in [0.2, 0.25) is 0 Å². The second-order valence-corrected chi connectivity index (χ2v) is 5.82. The number of carbonyl (C=O) groups is 1. The normalized spacial score (nSPS) is 25.4. The number of carbonyl (C=O) groups excluding carboxylic acids is 1. The van der Waals surface area contributed by atoms with E-state index in [1.807, 2.05) is 11.9 Å². The lowest BCUT2D eigenvalue weighted by Crippen LogP contribution is -2.32. The van der Waals surface area contributed by atoms with E-state index >= 15 is 0 Å². The Labute approximate surface area is 105 Å². The zero-order valence-corrected chi connectivity index (χ0v) is 11.1. The topological polar surface area (TPSA) is 32.3 Å². The van der Waals surface area contributed by atoms with E-state index in [0.29, 0.717) is 11.8 Å². The zero-order valence-electron chi connectivity index (χ0n) is 11.1. The van der Waals surface area contributed by atoms with Gasteiger partial charge in [-0.3, -0.25) is 4.79 Å². The smallest absolute Gasteiger partial charge is 0.222 e. The maximum atomic E-state index is 12.0. The van der Waals surface area contributed by atoms with Crippen molar-refractivity contribution in [1.29, 1.82) is 0 Å². The highest BCUT2D eigenvalue weighted by atomic mass is 16.2. The van der Waals surface area contributed by atoms with Gasteiger partial charge in [0.2, 0.25) is 5.91 Å². The van der Waals surface area contributed by atoms with Crippen LogP contribution in [0, 0.1) is 11.8 Å². The van der Waals surface area contributed by atoms with Gasteiger partial charge in [-0.15, -0.1) is 0 Å². The molecule has 2 rings (SSSR count). The molecule has 1 aliphatic heterocycles. The van der Waals surface area contributed by atoms with Gasteiger partial charge in [-0.25, -0.2) is 0 Å². The lowest BCUT2D eigenvalue weighted by atomic mass is 10.0. The highest BCUT2D eigenvalue weighted by molar-refractivity contribution is 5.75. The molecule has 0 aromatic rings. The molecule has 2 fully saturated rings. The molecule has 0 radical (unpaired) electrons. The first-order chi connectivity index (χ1) is 8.25. The van der Waals surface area contributed by atoms with Gasteiger partial charge in [-0.1, -0.05) is 25.7 Å². The van der Waals surface area contributed by atoms with Gasteiger partial charge in [0.15, 0.2) is 0 Å². The first kappa shape index (κ1) is 12.9. The van der Waals surface area contributed by atoms with Gasteiger partial charge >= 0.3 is 0 Å². The summed E-state index contributed by atoms with van der Waals surface area (Å²) in [4.78, 5) is 13.9. The van der Waals surface area contributed by atoms with Gasteiger partial charge in [0.1, 0.15) is 0 Å². The van der Waals surface area contributed by atoms with Crippen molar-refractivity contribution in [2.24, 2.45) is 11.8 Å². The summed E-state index contributed by atoms with van der Waals surface area (Å²) in [7, 11) is 1.97. The highest BCUT2D eigenvalue weighted by Crippen LogP contribution is 2.28. The van der Waals surface area contributed by atoms with Gasteiger partial charge in [-0.05, 0) is 37.8 Å². The van der Waals surface area contributed by atoms with E-state index in [0.717, 1.165) is 38.4 Å². The lowest BCUT2D eigenvalue weighted by Gasteiger charge is -2.21. The van der Waals surface area contributed by atoms with Crippen LogP contribution in [0.4, 0.5) is 0 Å². The first-order valence-corrected chi connectivity index (χ1v) is 7.20. The fourth-order valence-corrected chi connectivity index (χ4v) is 3.18. The molecule has 0 aromatic heterocycles. The van der Waals surface area contributed by atoms with Crippen molar-refractivity contribution < 1.29 is 4.79 Å². The number of nitrogens with zero attached hydrogens (tertiary/aromatic N) is 1. The average Bonchev–Trinajstić information content (AvgIpc) is 2.98. The van der Waals surface area contributed by atoms with E-state index in [1.54, 1.807) is 0 Å². The summed E-state index contributed by atoms with van der Waals surface area (Å²) in [6.07, 6.45) is 8.56. The van der Waals surface area contributed by atoms with Crippen LogP contribution in [0.15, 0.2) is 0 Å². The summed E-state index contributed by atoms with van der Waals surface area (Å²) in [6.45, 7) is 3.14. The lowest BCUT2D eigenvalue weighted by molar-refractivity contribution is -0.130. The van der Waals surface area contributed by atoms with Crippen LogP contribution in [0.5, 0.6) is 0 Å². The maximum Gasteiger partial charge on any atom is 0.222 e. The SMILES string of the molecule is CN(CC1CCNC1)C(=O)CCC1CCCC1. The number of hydrogen-bond donors (Lipinski definition) is 1. The molecule has 1 saturated carbocycles. The van der Waals surface area contributed by atoms with Gasteiger partial charge in [0.25, 0.3) is 0 Å². The summed E-state index contributed by atoms with van der Waals surface area (Å²) >= 11 is 0. The Kier molecular flexibility index (Phi) is 4.84. The van der Waals surface area contributed by atoms with Crippen LogP contribution in [0.3, 0.4) is 0 Å². The van der Waals surface area contributed by atoms with E-state index < -0.39 is 0 Å². The van der Waals surface area contributed by atoms with Crippen molar-refractivity contribution in [3.8, 4) is 0 Å². The number of nitrogens with one attached hydrogen (secondary N) is 1. The van der Waals surface area contributed by atoms with Crippen molar-refractivity contribution in [3.05, 3.63) is 0 Å². The first-order valence-electron chi connectivity index (χ1n) is 7.20. The van der Waals surface area contributed by atoms with E-state index in [2.05, 4.69) is 5.32 Å². The molecule has 1 aliphatic carbocycles. The molecule has 3 nitrogen and oxygen atoms in total. The minimum absolute atomic E-state index is 0.351. The summed E-state index contributed by atoms with van der Waals surface area (Å²) in [5, 5.41) is 3.36. The second kappa shape index (κ2) is 6.39. The maximum absolute atomic E-state index is 12.0. The number of hydrogen-bond acceptors (Lipinski definition) is 2. The van der Waals surface area contributed by atoms with E-state index in [1.165, 1.54) is 32.1 Å². The fraction of sp³-hybridized carbons (Fsp3) is 0.929. The molecule has 1 amide bonds. The van der Waals surface area contributed by atoms with Crippen molar-refractivity contribution in [1.82, 2.24) is 10.2 Å². The van der Waals surface area contributed by atoms with E-state index in [4.69, 9.17) is 0 Å². The standard InChI is InChI=1S/C14H26N2O/c1-16(11-13-8-9-15-10-13)14(17)7-6-12-4-2-3-5-12/h12-13,15H,2-11H2,1H3. The Balaban J connectivity index is 1.63. The molecule has 1 atom stereocenters. The zero-order chi connectivity index (χ0) is 12.1. The van der Waals surface area contributed by atoms with Crippen LogP contribution >= 0.6 is 0 Å². The Bertz CT molecular complexity index is 243. The monoisotopic (exact) mass is 238 g/mol. The van der Waals surface area contributed by atoms with Gasteiger partial charge < -0.3 is 10.2 Å².